The zero-order valence-electron chi connectivity index (χ0n) is 17.4. The topological polar surface area (TPSA) is 66.0 Å². The molecule has 0 atom stereocenters. The number of carbonyl (C=O) groups excluding carboxylic acids is 1. The first-order valence-corrected chi connectivity index (χ1v) is 9.44. The van der Waals surface area contributed by atoms with Gasteiger partial charge in [0.25, 0.3) is 0 Å². The SMILES string of the molecule is C=C(C)CNC(=NCc1ccc(C)cc1OCC1CC1)NCC(=O)N(C)C.I. The molecule has 1 amide bonds. The zero-order valence-corrected chi connectivity index (χ0v) is 19.7. The highest BCUT2D eigenvalue weighted by molar-refractivity contribution is 14.0. The van der Waals surface area contributed by atoms with Gasteiger partial charge in [0, 0.05) is 26.2 Å². The number of likely N-dealkylation sites (N-methyl/N-ethyl adjacent to an activating group) is 1. The van der Waals surface area contributed by atoms with E-state index >= 15 is 0 Å². The highest BCUT2D eigenvalue weighted by Gasteiger charge is 2.22. The predicted molar refractivity (Wildman–Crippen MR) is 125 cm³/mol. The quantitative estimate of drug-likeness (QED) is 0.237. The Balaban J connectivity index is 0.00000392. The van der Waals surface area contributed by atoms with Crippen LogP contribution in [-0.4, -0.2) is 50.6 Å². The average molecular weight is 500 g/mol. The van der Waals surface area contributed by atoms with Crippen molar-refractivity contribution in [1.29, 1.82) is 0 Å². The van der Waals surface area contributed by atoms with E-state index in [1.807, 2.05) is 6.92 Å². The number of aryl methyl sites for hydroxylation is 1. The van der Waals surface area contributed by atoms with Crippen LogP contribution in [0.4, 0.5) is 0 Å². The zero-order chi connectivity index (χ0) is 19.8. The lowest BCUT2D eigenvalue weighted by Crippen LogP contribution is -2.43. The number of nitrogens with one attached hydrogen (secondary N) is 2. The molecule has 0 aromatic heterocycles. The highest BCUT2D eigenvalue weighted by Crippen LogP contribution is 2.30. The molecule has 0 unspecified atom stereocenters. The monoisotopic (exact) mass is 500 g/mol. The van der Waals surface area contributed by atoms with Gasteiger partial charge >= 0.3 is 0 Å². The second-order valence-electron chi connectivity index (χ2n) is 7.48. The van der Waals surface area contributed by atoms with Crippen LogP contribution in [0.1, 0.15) is 30.9 Å². The molecule has 28 heavy (non-hydrogen) atoms. The molecule has 156 valence electrons. The molecule has 2 rings (SSSR count). The standard InChI is InChI=1S/C21H32N4O2.HI/c1-15(2)11-22-21(24-13-20(26)25(4)5)23-12-18-9-6-16(3)10-19(18)27-14-17-7-8-17;/h6,9-10,17H,1,7-8,11-14H2,2-5H3,(H2,22,23,24);1H. The maximum absolute atomic E-state index is 11.8. The number of ether oxygens (including phenoxy) is 1. The molecule has 7 heteroatoms. The molecule has 0 spiro atoms. The van der Waals surface area contributed by atoms with Gasteiger partial charge in [0.05, 0.1) is 19.7 Å². The molecule has 1 fully saturated rings. The van der Waals surface area contributed by atoms with E-state index in [1.165, 1.54) is 18.4 Å². The Bertz CT molecular complexity index is 700. The third-order valence-electron chi connectivity index (χ3n) is 4.27. The van der Waals surface area contributed by atoms with Gasteiger partial charge in [-0.15, -0.1) is 24.0 Å². The van der Waals surface area contributed by atoms with Crippen molar-refractivity contribution in [3.8, 4) is 5.75 Å². The van der Waals surface area contributed by atoms with Crippen LogP contribution in [0.2, 0.25) is 0 Å². The minimum absolute atomic E-state index is 0. The summed E-state index contributed by atoms with van der Waals surface area (Å²) in [4.78, 5) is 18.0. The minimum atomic E-state index is -0.0105. The molecule has 1 aromatic rings. The number of carbonyl (C=O) groups is 1. The molecule has 1 saturated carbocycles. The number of amides is 1. The number of hydrogen-bond acceptors (Lipinski definition) is 3. The number of rotatable bonds is 9. The Morgan fingerprint density at radius 3 is 2.57 bits per heavy atom. The molecule has 1 aliphatic rings. The van der Waals surface area contributed by atoms with Crippen molar-refractivity contribution in [2.75, 3.05) is 33.8 Å². The van der Waals surface area contributed by atoms with Crippen LogP contribution >= 0.6 is 24.0 Å². The number of guanidine groups is 1. The van der Waals surface area contributed by atoms with Crippen LogP contribution in [0.15, 0.2) is 35.3 Å². The van der Waals surface area contributed by atoms with E-state index in [4.69, 9.17) is 4.74 Å². The highest BCUT2D eigenvalue weighted by atomic mass is 127. The van der Waals surface area contributed by atoms with Crippen molar-refractivity contribution in [2.24, 2.45) is 10.9 Å². The predicted octanol–water partition coefficient (Wildman–Crippen LogP) is 3.10. The van der Waals surface area contributed by atoms with E-state index in [0.717, 1.165) is 23.5 Å². The van der Waals surface area contributed by atoms with Crippen molar-refractivity contribution >= 4 is 35.8 Å². The van der Waals surface area contributed by atoms with E-state index in [-0.39, 0.29) is 36.4 Å². The third kappa shape index (κ3) is 8.95. The average Bonchev–Trinajstić information content (AvgIpc) is 3.44. The van der Waals surface area contributed by atoms with Crippen LogP contribution in [0.5, 0.6) is 5.75 Å². The maximum Gasteiger partial charge on any atom is 0.241 e. The number of benzene rings is 1. The minimum Gasteiger partial charge on any atom is -0.493 e. The largest absolute Gasteiger partial charge is 0.493 e. The Morgan fingerprint density at radius 2 is 1.96 bits per heavy atom. The number of halogens is 1. The summed E-state index contributed by atoms with van der Waals surface area (Å²) in [7, 11) is 3.47. The van der Waals surface area contributed by atoms with E-state index in [0.29, 0.717) is 25.0 Å². The third-order valence-corrected chi connectivity index (χ3v) is 4.27. The molecule has 1 aliphatic carbocycles. The molecular formula is C21H33IN4O2. The van der Waals surface area contributed by atoms with Gasteiger partial charge in [0.15, 0.2) is 5.96 Å². The summed E-state index contributed by atoms with van der Waals surface area (Å²) in [6.07, 6.45) is 2.52. The van der Waals surface area contributed by atoms with Crippen molar-refractivity contribution in [3.63, 3.8) is 0 Å². The maximum atomic E-state index is 11.8. The fourth-order valence-corrected chi connectivity index (χ4v) is 2.31. The van der Waals surface area contributed by atoms with Gasteiger partial charge in [0.2, 0.25) is 5.91 Å². The van der Waals surface area contributed by atoms with Crippen LogP contribution in [0.25, 0.3) is 0 Å². The smallest absolute Gasteiger partial charge is 0.241 e. The summed E-state index contributed by atoms with van der Waals surface area (Å²) in [5, 5.41) is 6.29. The van der Waals surface area contributed by atoms with Gasteiger partial charge in [0.1, 0.15) is 5.75 Å². The molecule has 0 radical (unpaired) electrons. The lowest BCUT2D eigenvalue weighted by molar-refractivity contribution is -0.127. The van der Waals surface area contributed by atoms with Gasteiger partial charge in [-0.25, -0.2) is 4.99 Å². The first-order valence-electron chi connectivity index (χ1n) is 9.44. The molecule has 2 N–H and O–H groups in total. The lowest BCUT2D eigenvalue weighted by atomic mass is 10.1. The van der Waals surface area contributed by atoms with Gasteiger partial charge in [-0.2, -0.15) is 0 Å². The van der Waals surface area contributed by atoms with Crippen LogP contribution in [0, 0.1) is 12.8 Å². The second kappa shape index (κ2) is 11.9. The normalized spacial score (nSPS) is 13.4. The number of aliphatic imine (C=N–C) groups is 1. The van der Waals surface area contributed by atoms with Crippen molar-refractivity contribution < 1.29 is 9.53 Å². The van der Waals surface area contributed by atoms with Crippen LogP contribution in [0.3, 0.4) is 0 Å². The molecule has 6 nitrogen and oxygen atoms in total. The molecule has 0 aliphatic heterocycles. The Kier molecular flexibility index (Phi) is 10.3. The van der Waals surface area contributed by atoms with Crippen molar-refractivity contribution in [2.45, 2.75) is 33.2 Å². The van der Waals surface area contributed by atoms with Crippen molar-refractivity contribution in [3.05, 3.63) is 41.5 Å². The first-order chi connectivity index (χ1) is 12.8. The summed E-state index contributed by atoms with van der Waals surface area (Å²) >= 11 is 0. The van der Waals surface area contributed by atoms with Gasteiger partial charge in [-0.1, -0.05) is 24.3 Å². The van der Waals surface area contributed by atoms with Crippen molar-refractivity contribution in [1.82, 2.24) is 15.5 Å². The molecule has 0 saturated heterocycles. The van der Waals surface area contributed by atoms with Crippen LogP contribution in [-0.2, 0) is 11.3 Å². The summed E-state index contributed by atoms with van der Waals surface area (Å²) < 4.78 is 6.02. The lowest BCUT2D eigenvalue weighted by Gasteiger charge is -2.16. The van der Waals surface area contributed by atoms with E-state index < -0.39 is 0 Å². The summed E-state index contributed by atoms with van der Waals surface area (Å²) in [6.45, 7) is 9.94. The van der Waals surface area contributed by atoms with Gasteiger partial charge < -0.3 is 20.3 Å². The molecule has 1 aromatic carbocycles. The number of nitrogens with zero attached hydrogens (tertiary/aromatic N) is 2. The van der Waals surface area contributed by atoms with Crippen LogP contribution < -0.4 is 15.4 Å². The summed E-state index contributed by atoms with van der Waals surface area (Å²) in [6, 6.07) is 6.19. The summed E-state index contributed by atoms with van der Waals surface area (Å²) in [5.74, 6) is 2.17. The Morgan fingerprint density at radius 1 is 1.29 bits per heavy atom. The molecule has 0 bridgehead atoms. The second-order valence-corrected chi connectivity index (χ2v) is 7.48. The molecular weight excluding hydrogens is 467 g/mol. The van der Waals surface area contributed by atoms with E-state index in [9.17, 15) is 4.79 Å². The summed E-state index contributed by atoms with van der Waals surface area (Å²) in [5.41, 5.74) is 3.20. The van der Waals surface area contributed by atoms with E-state index in [1.54, 1.807) is 19.0 Å². The Labute approximate surface area is 185 Å². The molecule has 0 heterocycles. The first kappa shape index (κ1) is 24.3. The number of hydrogen-bond donors (Lipinski definition) is 2. The van der Waals surface area contributed by atoms with Gasteiger partial charge in [-0.3, -0.25) is 4.79 Å². The Hall–Kier alpha value is -1.77. The fourth-order valence-electron chi connectivity index (χ4n) is 2.31. The van der Waals surface area contributed by atoms with Gasteiger partial charge in [-0.05, 0) is 44.2 Å². The van der Waals surface area contributed by atoms with E-state index in [2.05, 4.69) is 47.3 Å². The fraction of sp³-hybridized carbons (Fsp3) is 0.524.